The number of cyclic esters (lactones) is 1. The second-order valence-corrected chi connectivity index (χ2v) is 7.72. The number of ether oxygens (including phenoxy) is 1. The van der Waals surface area contributed by atoms with E-state index in [-0.39, 0.29) is 22.6 Å². The van der Waals surface area contributed by atoms with Crippen LogP contribution in [0.1, 0.15) is 39.9 Å². The standard InChI is InChI=1S/C20H21BrO2/c1-13-8-16(14(2)21)11-17(9-13)19-18(12-23-20(19)22)10-15-6-4-3-5-7-15/h3-9,11,14,18-19H,10,12H2,1-2H3/t14?,18-,19?/m1/s1. The summed E-state index contributed by atoms with van der Waals surface area (Å²) in [4.78, 5) is 12.6. The summed E-state index contributed by atoms with van der Waals surface area (Å²) in [6.07, 6.45) is 0.865. The molecule has 2 nitrogen and oxygen atoms in total. The molecule has 120 valence electrons. The molecule has 2 aromatic rings. The van der Waals surface area contributed by atoms with Gasteiger partial charge in [0.2, 0.25) is 0 Å². The highest BCUT2D eigenvalue weighted by atomic mass is 79.9. The van der Waals surface area contributed by atoms with E-state index in [0.717, 1.165) is 12.0 Å². The first-order valence-corrected chi connectivity index (χ1v) is 8.92. The number of hydrogen-bond acceptors (Lipinski definition) is 2. The molecule has 1 saturated heterocycles. The molecule has 3 heteroatoms. The van der Waals surface area contributed by atoms with Gasteiger partial charge in [0, 0.05) is 10.7 Å². The number of esters is 1. The topological polar surface area (TPSA) is 26.3 Å². The van der Waals surface area contributed by atoms with Crippen molar-refractivity contribution < 1.29 is 9.53 Å². The van der Waals surface area contributed by atoms with Crippen LogP contribution in [0.4, 0.5) is 0 Å². The molecule has 0 aliphatic carbocycles. The van der Waals surface area contributed by atoms with Crippen LogP contribution in [-0.4, -0.2) is 12.6 Å². The van der Waals surface area contributed by atoms with Crippen LogP contribution < -0.4 is 0 Å². The zero-order chi connectivity index (χ0) is 16.4. The van der Waals surface area contributed by atoms with Gasteiger partial charge in [0.05, 0.1) is 12.5 Å². The smallest absolute Gasteiger partial charge is 0.313 e. The Morgan fingerprint density at radius 2 is 1.96 bits per heavy atom. The first-order valence-electron chi connectivity index (χ1n) is 8.00. The molecule has 0 bridgehead atoms. The summed E-state index contributed by atoms with van der Waals surface area (Å²) >= 11 is 3.63. The molecule has 2 unspecified atom stereocenters. The second kappa shape index (κ2) is 6.88. The van der Waals surface area contributed by atoms with Gasteiger partial charge in [-0.15, -0.1) is 0 Å². The van der Waals surface area contributed by atoms with E-state index in [9.17, 15) is 4.79 Å². The van der Waals surface area contributed by atoms with E-state index in [4.69, 9.17) is 4.74 Å². The lowest BCUT2D eigenvalue weighted by Gasteiger charge is -2.18. The largest absolute Gasteiger partial charge is 0.465 e. The Morgan fingerprint density at radius 1 is 1.22 bits per heavy atom. The van der Waals surface area contributed by atoms with Crippen LogP contribution >= 0.6 is 15.9 Å². The molecule has 1 aliphatic heterocycles. The average molecular weight is 373 g/mol. The van der Waals surface area contributed by atoms with Gasteiger partial charge < -0.3 is 4.74 Å². The Balaban J connectivity index is 1.91. The molecule has 0 radical (unpaired) electrons. The fraction of sp³-hybridized carbons (Fsp3) is 0.350. The normalized spacial score (nSPS) is 22.0. The zero-order valence-electron chi connectivity index (χ0n) is 13.5. The summed E-state index contributed by atoms with van der Waals surface area (Å²) in [5.74, 6) is -0.0602. The van der Waals surface area contributed by atoms with Gasteiger partial charge in [-0.25, -0.2) is 0 Å². The molecule has 2 aromatic carbocycles. The van der Waals surface area contributed by atoms with Crippen molar-refractivity contribution in [3.05, 3.63) is 70.8 Å². The predicted molar refractivity (Wildman–Crippen MR) is 95.9 cm³/mol. The third kappa shape index (κ3) is 3.66. The van der Waals surface area contributed by atoms with Crippen LogP contribution in [0.25, 0.3) is 0 Å². The van der Waals surface area contributed by atoms with E-state index < -0.39 is 0 Å². The summed E-state index contributed by atoms with van der Waals surface area (Å²) in [6, 6.07) is 16.7. The molecule has 1 heterocycles. The maximum Gasteiger partial charge on any atom is 0.313 e. The molecule has 0 N–H and O–H groups in total. The third-order valence-electron chi connectivity index (χ3n) is 4.45. The molecule has 0 aromatic heterocycles. The van der Waals surface area contributed by atoms with Gasteiger partial charge in [0.1, 0.15) is 0 Å². The molecule has 1 aliphatic rings. The number of hydrogen-bond donors (Lipinski definition) is 0. The van der Waals surface area contributed by atoms with Gasteiger partial charge in [0.25, 0.3) is 0 Å². The van der Waals surface area contributed by atoms with Crippen molar-refractivity contribution in [2.75, 3.05) is 6.61 Å². The zero-order valence-corrected chi connectivity index (χ0v) is 15.0. The summed E-state index contributed by atoms with van der Waals surface area (Å²) in [7, 11) is 0. The Kier molecular flexibility index (Phi) is 4.86. The fourth-order valence-corrected chi connectivity index (χ4v) is 3.59. The fourth-order valence-electron chi connectivity index (χ4n) is 3.32. The summed E-state index contributed by atoms with van der Waals surface area (Å²) in [5, 5.41) is 0. The second-order valence-electron chi connectivity index (χ2n) is 6.35. The predicted octanol–water partition coefficient (Wildman–Crippen LogP) is 4.95. The first kappa shape index (κ1) is 16.3. The minimum absolute atomic E-state index is 0.0929. The van der Waals surface area contributed by atoms with Crippen molar-refractivity contribution in [2.45, 2.75) is 31.0 Å². The minimum atomic E-state index is -0.167. The number of alkyl halides is 1. The number of rotatable bonds is 4. The average Bonchev–Trinajstić information content (AvgIpc) is 2.88. The Hall–Kier alpha value is -1.61. The first-order chi connectivity index (χ1) is 11.0. The highest BCUT2D eigenvalue weighted by Crippen LogP contribution is 2.36. The van der Waals surface area contributed by atoms with Gasteiger partial charge >= 0.3 is 5.97 Å². The van der Waals surface area contributed by atoms with Gasteiger partial charge in [-0.3, -0.25) is 4.79 Å². The van der Waals surface area contributed by atoms with Gasteiger partial charge in [-0.2, -0.15) is 0 Å². The van der Waals surface area contributed by atoms with Crippen molar-refractivity contribution in [1.29, 1.82) is 0 Å². The molecule has 0 amide bonds. The lowest BCUT2D eigenvalue weighted by molar-refractivity contribution is -0.139. The van der Waals surface area contributed by atoms with Crippen molar-refractivity contribution >= 4 is 21.9 Å². The lowest BCUT2D eigenvalue weighted by atomic mass is 9.83. The van der Waals surface area contributed by atoms with Crippen molar-refractivity contribution in [2.24, 2.45) is 5.92 Å². The Labute approximate surface area is 146 Å². The van der Waals surface area contributed by atoms with Crippen LogP contribution in [0, 0.1) is 12.8 Å². The van der Waals surface area contributed by atoms with Crippen LogP contribution in [0.5, 0.6) is 0 Å². The monoisotopic (exact) mass is 372 g/mol. The molecule has 3 rings (SSSR count). The summed E-state index contributed by atoms with van der Waals surface area (Å²) < 4.78 is 5.39. The van der Waals surface area contributed by atoms with Crippen molar-refractivity contribution in [3.8, 4) is 0 Å². The highest BCUT2D eigenvalue weighted by molar-refractivity contribution is 9.09. The van der Waals surface area contributed by atoms with E-state index in [1.807, 2.05) is 18.2 Å². The van der Waals surface area contributed by atoms with Crippen molar-refractivity contribution in [1.82, 2.24) is 0 Å². The van der Waals surface area contributed by atoms with E-state index >= 15 is 0 Å². The molecular formula is C20H21BrO2. The SMILES string of the molecule is Cc1cc(C(C)Br)cc(C2C(=O)OC[C@H]2Cc2ccccc2)c1. The number of halogens is 1. The van der Waals surface area contributed by atoms with E-state index in [1.165, 1.54) is 16.7 Å². The molecule has 0 saturated carbocycles. The van der Waals surface area contributed by atoms with Crippen LogP contribution in [-0.2, 0) is 16.0 Å². The number of aryl methyl sites for hydroxylation is 1. The van der Waals surface area contributed by atoms with Gasteiger partial charge in [-0.05, 0) is 37.0 Å². The third-order valence-corrected chi connectivity index (χ3v) is 4.97. The van der Waals surface area contributed by atoms with E-state index in [2.05, 4.69) is 60.1 Å². The number of carbonyl (C=O) groups is 1. The number of benzene rings is 2. The van der Waals surface area contributed by atoms with Crippen LogP contribution in [0.3, 0.4) is 0 Å². The van der Waals surface area contributed by atoms with Crippen molar-refractivity contribution in [3.63, 3.8) is 0 Å². The summed E-state index contributed by atoms with van der Waals surface area (Å²) in [6.45, 7) is 4.69. The van der Waals surface area contributed by atoms with Crippen LogP contribution in [0.2, 0.25) is 0 Å². The molecule has 1 fully saturated rings. The number of carbonyl (C=O) groups excluding carboxylic acids is 1. The van der Waals surface area contributed by atoms with Crippen LogP contribution in [0.15, 0.2) is 48.5 Å². The van der Waals surface area contributed by atoms with E-state index in [0.29, 0.717) is 6.61 Å². The quantitative estimate of drug-likeness (QED) is 0.560. The molecule has 0 spiro atoms. The van der Waals surface area contributed by atoms with Gasteiger partial charge in [-0.1, -0.05) is 70.0 Å². The maximum absolute atomic E-state index is 12.3. The van der Waals surface area contributed by atoms with E-state index in [1.54, 1.807) is 0 Å². The molecular weight excluding hydrogens is 352 g/mol. The summed E-state index contributed by atoms with van der Waals surface area (Å²) in [5.41, 5.74) is 4.72. The minimum Gasteiger partial charge on any atom is -0.465 e. The molecule has 3 atom stereocenters. The molecule has 23 heavy (non-hydrogen) atoms. The Bertz CT molecular complexity index is 694. The lowest BCUT2D eigenvalue weighted by Crippen LogP contribution is -2.16. The van der Waals surface area contributed by atoms with Gasteiger partial charge in [0.15, 0.2) is 0 Å². The Morgan fingerprint density at radius 3 is 2.65 bits per heavy atom. The maximum atomic E-state index is 12.3. The highest BCUT2D eigenvalue weighted by Gasteiger charge is 2.38.